The number of ether oxygens (including phenoxy) is 2. The summed E-state index contributed by atoms with van der Waals surface area (Å²) in [6, 6.07) is -0.407. The molecule has 0 heterocycles. The molecule has 220 valence electrons. The van der Waals surface area contributed by atoms with Crippen molar-refractivity contribution in [3.8, 4) is 23.0 Å². The zero-order valence-corrected chi connectivity index (χ0v) is 23.6. The summed E-state index contributed by atoms with van der Waals surface area (Å²) in [6.07, 6.45) is 1.49. The Kier molecular flexibility index (Phi) is 14.9. The first-order chi connectivity index (χ1) is 18.4. The Labute approximate surface area is 232 Å². The summed E-state index contributed by atoms with van der Waals surface area (Å²) in [6.45, 7) is 4.05. The molecule has 8 N–H and O–H groups in total. The lowest BCUT2D eigenvalue weighted by Crippen LogP contribution is -2.53. The van der Waals surface area contributed by atoms with Crippen LogP contribution in [0.4, 0.5) is 0 Å². The second-order valence-electron chi connectivity index (χ2n) is 9.06. The summed E-state index contributed by atoms with van der Waals surface area (Å²) >= 11 is 0.984. The van der Waals surface area contributed by atoms with E-state index in [9.17, 15) is 29.4 Å². The Morgan fingerprint density at radius 3 is 2.26 bits per heavy atom. The summed E-state index contributed by atoms with van der Waals surface area (Å²) in [5.41, 5.74) is 5.89. The van der Waals surface area contributed by atoms with E-state index < -0.39 is 29.9 Å². The number of phenols is 2. The molecule has 0 saturated carbocycles. The number of nitrogens with one attached hydrogen (secondary N) is 3. The van der Waals surface area contributed by atoms with E-state index in [1.807, 2.05) is 0 Å². The van der Waals surface area contributed by atoms with Crippen LogP contribution in [0.25, 0.3) is 0 Å². The molecule has 2 atom stereocenters. The number of carbonyl (C=O) groups is 4. The summed E-state index contributed by atoms with van der Waals surface area (Å²) in [5, 5.41) is 37.2. The molecule has 0 aliphatic heterocycles. The van der Waals surface area contributed by atoms with Crippen LogP contribution in [0.3, 0.4) is 0 Å². The van der Waals surface area contributed by atoms with E-state index in [-0.39, 0.29) is 64.9 Å². The van der Waals surface area contributed by atoms with E-state index in [0.29, 0.717) is 25.8 Å². The number of methoxy groups -OCH3 is 2. The fraction of sp³-hybridized carbons (Fsp3) is 0.600. The van der Waals surface area contributed by atoms with Crippen LogP contribution in [-0.2, 0) is 19.2 Å². The monoisotopic (exact) mass is 572 g/mol. The zero-order valence-electron chi connectivity index (χ0n) is 22.7. The van der Waals surface area contributed by atoms with Crippen LogP contribution < -0.4 is 31.2 Å². The number of hydrogen-bond donors (Lipinski definition) is 7. The van der Waals surface area contributed by atoms with Gasteiger partial charge >= 0.3 is 5.97 Å². The normalized spacial score (nSPS) is 12.4. The van der Waals surface area contributed by atoms with Gasteiger partial charge in [-0.25, -0.2) is 0 Å². The lowest BCUT2D eigenvalue weighted by atomic mass is 10.0. The van der Waals surface area contributed by atoms with Gasteiger partial charge in [0.25, 0.3) is 0 Å². The third-order valence-electron chi connectivity index (χ3n) is 5.69. The lowest BCUT2D eigenvalue weighted by molar-refractivity contribution is -0.137. The number of hydrogen-bond acceptors (Lipinski definition) is 10. The van der Waals surface area contributed by atoms with Gasteiger partial charge in [0.2, 0.25) is 23.5 Å². The molecule has 0 aliphatic carbocycles. The molecule has 0 spiro atoms. The molecule has 0 aromatic heterocycles. The number of carboxylic acids is 1. The van der Waals surface area contributed by atoms with Gasteiger partial charge < -0.3 is 46.5 Å². The van der Waals surface area contributed by atoms with Crippen molar-refractivity contribution in [2.75, 3.05) is 33.1 Å². The zero-order chi connectivity index (χ0) is 29.5. The van der Waals surface area contributed by atoms with Crippen molar-refractivity contribution in [2.24, 2.45) is 11.7 Å². The van der Waals surface area contributed by atoms with Crippen molar-refractivity contribution >= 4 is 35.5 Å². The Balaban J connectivity index is 2.58. The van der Waals surface area contributed by atoms with Crippen LogP contribution in [0.2, 0.25) is 0 Å². The van der Waals surface area contributed by atoms with Gasteiger partial charge in [0, 0.05) is 25.6 Å². The fourth-order valence-electron chi connectivity index (χ4n) is 3.38. The second-order valence-corrected chi connectivity index (χ2v) is 10.0. The summed E-state index contributed by atoms with van der Waals surface area (Å²) < 4.78 is 10.1. The number of amides is 3. The second kappa shape index (κ2) is 17.2. The number of unbranched alkanes of at least 4 members (excludes halogenated alkanes) is 1. The van der Waals surface area contributed by atoms with Gasteiger partial charge in [-0.3, -0.25) is 19.2 Å². The highest BCUT2D eigenvalue weighted by molar-refractivity contribution is 8.00. The van der Waals surface area contributed by atoms with Crippen molar-refractivity contribution < 1.29 is 44.0 Å². The van der Waals surface area contributed by atoms with Crippen molar-refractivity contribution in [1.82, 2.24) is 16.0 Å². The molecule has 0 radical (unpaired) electrons. The highest BCUT2D eigenvalue weighted by atomic mass is 32.2. The molecule has 0 unspecified atom stereocenters. The van der Waals surface area contributed by atoms with Crippen LogP contribution in [0.1, 0.15) is 46.0 Å². The van der Waals surface area contributed by atoms with Crippen molar-refractivity contribution in [3.05, 3.63) is 6.07 Å². The van der Waals surface area contributed by atoms with Crippen LogP contribution in [-0.4, -0.2) is 84.2 Å². The minimum absolute atomic E-state index is 0.00355. The average Bonchev–Trinajstić information content (AvgIpc) is 2.89. The van der Waals surface area contributed by atoms with Crippen LogP contribution in [0, 0.1) is 5.92 Å². The van der Waals surface area contributed by atoms with Gasteiger partial charge in [0.1, 0.15) is 11.8 Å². The largest absolute Gasteiger partial charge is 0.506 e. The molecular weight excluding hydrogens is 532 g/mol. The quantitative estimate of drug-likeness (QED) is 0.0747. The average molecular weight is 573 g/mol. The van der Waals surface area contributed by atoms with E-state index in [2.05, 4.69) is 16.0 Å². The number of aliphatic carboxylic acids is 1. The first kappa shape index (κ1) is 33.6. The minimum atomic E-state index is -0.962. The van der Waals surface area contributed by atoms with Crippen LogP contribution in [0.15, 0.2) is 11.0 Å². The van der Waals surface area contributed by atoms with Crippen LogP contribution in [0.5, 0.6) is 23.0 Å². The standard InChI is InChI=1S/C25H40N4O9S/c1-14(2)20(26)25(36)29-15(24(35)28-11-7-9-19(32)33)8-5-6-10-27-18(31)13-39-23-16(30)12-17(37-3)21(34)22(23)38-4/h12,14-15,20,30,34H,5-11,13,26H2,1-4H3,(H,27,31)(H,28,35)(H,29,36)(H,32,33)/t15-,20-/m1/s1. The Morgan fingerprint density at radius 1 is 1.00 bits per heavy atom. The predicted molar refractivity (Wildman–Crippen MR) is 145 cm³/mol. The molecular formula is C25H40N4O9S. The SMILES string of the molecule is COc1cc(O)c(SCC(=O)NCCCC[C@@H](NC(=O)[C@H](N)C(C)C)C(=O)NCCCC(=O)O)c(OC)c1O. The molecule has 39 heavy (non-hydrogen) atoms. The number of thioether (sulfide) groups is 1. The van der Waals surface area contributed by atoms with Crippen molar-refractivity contribution in [1.29, 1.82) is 0 Å². The van der Waals surface area contributed by atoms with E-state index in [4.69, 9.17) is 20.3 Å². The maximum Gasteiger partial charge on any atom is 0.303 e. The van der Waals surface area contributed by atoms with E-state index in [0.717, 1.165) is 11.8 Å². The third kappa shape index (κ3) is 11.5. The molecule has 3 amide bonds. The van der Waals surface area contributed by atoms with Gasteiger partial charge in [0.05, 0.1) is 30.9 Å². The first-order valence-corrected chi connectivity index (χ1v) is 13.5. The predicted octanol–water partition coefficient (Wildman–Crippen LogP) is 0.943. The highest BCUT2D eigenvalue weighted by Crippen LogP contribution is 2.48. The first-order valence-electron chi connectivity index (χ1n) is 12.5. The highest BCUT2D eigenvalue weighted by Gasteiger charge is 2.25. The van der Waals surface area contributed by atoms with E-state index in [1.54, 1.807) is 13.8 Å². The molecule has 0 aliphatic rings. The van der Waals surface area contributed by atoms with Crippen LogP contribution >= 0.6 is 11.8 Å². The van der Waals surface area contributed by atoms with Crippen molar-refractivity contribution in [2.45, 2.75) is 62.9 Å². The number of rotatable bonds is 18. The number of phenolic OH excluding ortho intramolecular Hbond substituents is 2. The Bertz CT molecular complexity index is 991. The number of benzene rings is 1. The van der Waals surface area contributed by atoms with Gasteiger partial charge in [-0.15, -0.1) is 11.8 Å². The fourth-order valence-corrected chi connectivity index (χ4v) is 4.28. The Morgan fingerprint density at radius 2 is 1.67 bits per heavy atom. The van der Waals surface area contributed by atoms with E-state index in [1.165, 1.54) is 20.3 Å². The van der Waals surface area contributed by atoms with Gasteiger partial charge in [0.15, 0.2) is 11.5 Å². The number of carboxylic acid groups (broad SMARTS) is 1. The molecule has 0 fully saturated rings. The summed E-state index contributed by atoms with van der Waals surface area (Å²) in [7, 11) is 2.65. The van der Waals surface area contributed by atoms with Gasteiger partial charge in [-0.05, 0) is 31.6 Å². The van der Waals surface area contributed by atoms with Gasteiger partial charge in [-0.2, -0.15) is 0 Å². The number of aromatic hydroxyl groups is 2. The molecule has 0 saturated heterocycles. The molecule has 14 heteroatoms. The lowest BCUT2D eigenvalue weighted by Gasteiger charge is -2.22. The Hall–Kier alpha value is -3.39. The summed E-state index contributed by atoms with van der Waals surface area (Å²) in [5.74, 6) is -2.80. The minimum Gasteiger partial charge on any atom is -0.506 e. The molecule has 1 aromatic rings. The third-order valence-corrected chi connectivity index (χ3v) is 6.78. The number of nitrogens with two attached hydrogens (primary N) is 1. The van der Waals surface area contributed by atoms with Crippen molar-refractivity contribution in [3.63, 3.8) is 0 Å². The topological polar surface area (TPSA) is 210 Å². The number of carbonyl (C=O) groups excluding carboxylic acids is 3. The molecule has 1 aromatic carbocycles. The molecule has 1 rings (SSSR count). The van der Waals surface area contributed by atoms with E-state index >= 15 is 0 Å². The molecule has 0 bridgehead atoms. The maximum atomic E-state index is 12.6. The molecule has 13 nitrogen and oxygen atoms in total. The summed E-state index contributed by atoms with van der Waals surface area (Å²) in [4.78, 5) is 48.2. The van der Waals surface area contributed by atoms with Gasteiger partial charge in [-0.1, -0.05) is 13.8 Å². The maximum absolute atomic E-state index is 12.6. The smallest absolute Gasteiger partial charge is 0.303 e.